The zero-order valence-corrected chi connectivity index (χ0v) is 13.6. The number of likely N-dealkylation sites (tertiary alicyclic amines) is 1. The lowest BCUT2D eigenvalue weighted by Crippen LogP contribution is -2.53. The molecule has 0 unspecified atom stereocenters. The van der Waals surface area contributed by atoms with Crippen molar-refractivity contribution in [3.63, 3.8) is 0 Å². The first-order valence-electron chi connectivity index (χ1n) is 8.22. The monoisotopic (exact) mass is 338 g/mol. The summed E-state index contributed by atoms with van der Waals surface area (Å²) in [6, 6.07) is 9.71. The molecule has 25 heavy (non-hydrogen) atoms. The van der Waals surface area contributed by atoms with Crippen LogP contribution in [0.4, 0.5) is 0 Å². The van der Waals surface area contributed by atoms with E-state index in [0.717, 1.165) is 5.56 Å². The molecule has 0 aliphatic carbocycles. The van der Waals surface area contributed by atoms with Crippen molar-refractivity contribution in [3.8, 4) is 0 Å². The van der Waals surface area contributed by atoms with E-state index < -0.39 is 0 Å². The largest absolute Gasteiger partial charge is 0.364 e. The molecule has 2 amide bonds. The number of aromatic nitrogens is 2. The summed E-state index contributed by atoms with van der Waals surface area (Å²) in [5, 5.41) is 0. The van der Waals surface area contributed by atoms with E-state index in [1.54, 1.807) is 4.90 Å². The van der Waals surface area contributed by atoms with Gasteiger partial charge in [0.1, 0.15) is 12.3 Å². The number of benzene rings is 1. The molecule has 2 fully saturated rings. The lowest BCUT2D eigenvalue weighted by molar-refractivity contribution is -0.153. The van der Waals surface area contributed by atoms with Crippen molar-refractivity contribution in [3.05, 3.63) is 60.2 Å². The molecular weight excluding hydrogens is 320 g/mol. The minimum absolute atomic E-state index is 0.0427. The quantitative estimate of drug-likeness (QED) is 0.825. The molecule has 7 heteroatoms. The van der Waals surface area contributed by atoms with Gasteiger partial charge in [-0.25, -0.2) is 4.98 Å². The Kier molecular flexibility index (Phi) is 4.15. The van der Waals surface area contributed by atoms with Gasteiger partial charge in [-0.2, -0.15) is 0 Å². The van der Waals surface area contributed by atoms with E-state index in [4.69, 9.17) is 4.74 Å². The summed E-state index contributed by atoms with van der Waals surface area (Å²) in [6.07, 6.45) is 4.32. The highest BCUT2D eigenvalue weighted by atomic mass is 16.5. The van der Waals surface area contributed by atoms with Crippen LogP contribution in [0.2, 0.25) is 0 Å². The maximum absolute atomic E-state index is 12.6. The number of carbonyl (C=O) groups excluding carboxylic acids is 2. The molecular formula is C18H18N4O3. The van der Waals surface area contributed by atoms with E-state index in [2.05, 4.69) is 9.97 Å². The average molecular weight is 338 g/mol. The third-order valence-electron chi connectivity index (χ3n) is 4.64. The van der Waals surface area contributed by atoms with Crippen molar-refractivity contribution >= 4 is 11.8 Å². The number of hydrogen-bond donors (Lipinski definition) is 0. The summed E-state index contributed by atoms with van der Waals surface area (Å²) in [7, 11) is 0. The number of ether oxygens (including phenoxy) is 1. The number of amides is 2. The molecule has 2 aliphatic rings. The number of morpholine rings is 1. The second-order valence-electron chi connectivity index (χ2n) is 6.22. The molecule has 4 rings (SSSR count). The van der Waals surface area contributed by atoms with Crippen LogP contribution in [0.5, 0.6) is 0 Å². The molecule has 2 aromatic rings. The Bertz CT molecular complexity index is 768. The van der Waals surface area contributed by atoms with Gasteiger partial charge in [-0.3, -0.25) is 14.6 Å². The van der Waals surface area contributed by atoms with Crippen molar-refractivity contribution in [2.24, 2.45) is 0 Å². The lowest BCUT2D eigenvalue weighted by Gasteiger charge is -2.36. The number of carbonyl (C=O) groups is 2. The summed E-state index contributed by atoms with van der Waals surface area (Å²) < 4.78 is 5.68. The highest BCUT2D eigenvalue weighted by Gasteiger charge is 2.44. The van der Waals surface area contributed by atoms with Crippen LogP contribution in [0.3, 0.4) is 0 Å². The topological polar surface area (TPSA) is 75.6 Å². The van der Waals surface area contributed by atoms with Crippen molar-refractivity contribution in [1.82, 2.24) is 19.8 Å². The molecule has 3 heterocycles. The van der Waals surface area contributed by atoms with Gasteiger partial charge in [-0.15, -0.1) is 0 Å². The first-order chi connectivity index (χ1) is 12.2. The summed E-state index contributed by atoms with van der Waals surface area (Å²) in [5.41, 5.74) is 1.37. The summed E-state index contributed by atoms with van der Waals surface area (Å²) in [5.74, 6) is -0.225. The van der Waals surface area contributed by atoms with Crippen molar-refractivity contribution in [2.45, 2.75) is 18.7 Å². The van der Waals surface area contributed by atoms with Crippen molar-refractivity contribution in [1.29, 1.82) is 0 Å². The van der Waals surface area contributed by atoms with Gasteiger partial charge >= 0.3 is 0 Å². The third kappa shape index (κ3) is 3.10. The Morgan fingerprint density at radius 1 is 1.20 bits per heavy atom. The fourth-order valence-electron chi connectivity index (χ4n) is 3.39. The summed E-state index contributed by atoms with van der Waals surface area (Å²) in [6.45, 7) is 1.48. The average Bonchev–Trinajstić information content (AvgIpc) is 3.10. The summed E-state index contributed by atoms with van der Waals surface area (Å²) >= 11 is 0. The van der Waals surface area contributed by atoms with E-state index in [-0.39, 0.29) is 30.6 Å². The highest BCUT2D eigenvalue weighted by Crippen LogP contribution is 2.26. The number of nitrogens with zero attached hydrogens (tertiary/aromatic N) is 4. The molecule has 2 saturated heterocycles. The SMILES string of the molecule is O=C(c1cnccn1)N1C[C@@H]2OCC(=O)N(Cc3ccccc3)[C@@H]2C1. The molecule has 1 aromatic heterocycles. The fourth-order valence-corrected chi connectivity index (χ4v) is 3.39. The van der Waals surface area contributed by atoms with Crippen LogP contribution >= 0.6 is 0 Å². The Labute approximate surface area is 145 Å². The molecule has 0 bridgehead atoms. The van der Waals surface area contributed by atoms with E-state index >= 15 is 0 Å². The second-order valence-corrected chi connectivity index (χ2v) is 6.22. The predicted octanol–water partition coefficient (Wildman–Crippen LogP) is 0.729. The van der Waals surface area contributed by atoms with Gasteiger partial charge in [0.05, 0.1) is 18.3 Å². The maximum atomic E-state index is 12.6. The number of fused-ring (bicyclic) bond motifs is 1. The third-order valence-corrected chi connectivity index (χ3v) is 4.64. The van der Waals surface area contributed by atoms with E-state index in [0.29, 0.717) is 25.3 Å². The van der Waals surface area contributed by atoms with Crippen LogP contribution in [0, 0.1) is 0 Å². The standard InChI is InChI=1S/C18H18N4O3/c23-17-12-25-16-11-21(18(24)14-8-19-6-7-20-14)10-15(16)22(17)9-13-4-2-1-3-5-13/h1-8,15-16H,9-12H2/t15-,16+/m1/s1. The minimum Gasteiger partial charge on any atom is -0.364 e. The second kappa shape index (κ2) is 6.60. The number of hydrogen-bond acceptors (Lipinski definition) is 5. The highest BCUT2D eigenvalue weighted by molar-refractivity contribution is 5.92. The Morgan fingerprint density at radius 3 is 2.80 bits per heavy atom. The van der Waals surface area contributed by atoms with Gasteiger partial charge in [0.25, 0.3) is 5.91 Å². The van der Waals surface area contributed by atoms with E-state index in [1.165, 1.54) is 18.6 Å². The molecule has 0 spiro atoms. The van der Waals surface area contributed by atoms with Gasteiger partial charge in [0.2, 0.25) is 5.91 Å². The molecule has 2 atom stereocenters. The smallest absolute Gasteiger partial charge is 0.274 e. The van der Waals surface area contributed by atoms with Crippen LogP contribution in [0.1, 0.15) is 16.1 Å². The van der Waals surface area contributed by atoms with Crippen LogP contribution in [-0.4, -0.2) is 63.4 Å². The molecule has 0 N–H and O–H groups in total. The van der Waals surface area contributed by atoms with Crippen LogP contribution in [0.25, 0.3) is 0 Å². The predicted molar refractivity (Wildman–Crippen MR) is 88.5 cm³/mol. The molecule has 0 radical (unpaired) electrons. The van der Waals surface area contributed by atoms with Crippen LogP contribution in [0.15, 0.2) is 48.9 Å². The maximum Gasteiger partial charge on any atom is 0.274 e. The lowest BCUT2D eigenvalue weighted by atomic mass is 10.1. The molecule has 7 nitrogen and oxygen atoms in total. The number of rotatable bonds is 3. The molecule has 1 aromatic carbocycles. The fraction of sp³-hybridized carbons (Fsp3) is 0.333. The van der Waals surface area contributed by atoms with Crippen molar-refractivity contribution < 1.29 is 14.3 Å². The molecule has 2 aliphatic heterocycles. The molecule has 0 saturated carbocycles. The molecule has 128 valence electrons. The van der Waals surface area contributed by atoms with E-state index in [1.807, 2.05) is 35.2 Å². The summed E-state index contributed by atoms with van der Waals surface area (Å²) in [4.78, 5) is 36.5. The van der Waals surface area contributed by atoms with Gasteiger partial charge in [0, 0.05) is 32.0 Å². The van der Waals surface area contributed by atoms with Gasteiger partial charge in [-0.05, 0) is 5.56 Å². The van der Waals surface area contributed by atoms with Crippen LogP contribution < -0.4 is 0 Å². The first kappa shape index (κ1) is 15.7. The Hall–Kier alpha value is -2.80. The van der Waals surface area contributed by atoms with E-state index in [9.17, 15) is 9.59 Å². The van der Waals surface area contributed by atoms with Crippen molar-refractivity contribution in [2.75, 3.05) is 19.7 Å². The first-order valence-corrected chi connectivity index (χ1v) is 8.22. The minimum atomic E-state index is -0.182. The van der Waals surface area contributed by atoms with Crippen LogP contribution in [-0.2, 0) is 16.1 Å². The Morgan fingerprint density at radius 2 is 2.04 bits per heavy atom. The van der Waals surface area contributed by atoms with Gasteiger partial charge in [0.15, 0.2) is 0 Å². The normalized spacial score (nSPS) is 22.8. The zero-order chi connectivity index (χ0) is 17.2. The Balaban J connectivity index is 1.52. The van der Waals surface area contributed by atoms with Gasteiger partial charge in [-0.1, -0.05) is 30.3 Å². The van der Waals surface area contributed by atoms with Gasteiger partial charge < -0.3 is 14.5 Å². The zero-order valence-electron chi connectivity index (χ0n) is 13.6.